The van der Waals surface area contributed by atoms with Gasteiger partial charge in [0.25, 0.3) is 0 Å². The van der Waals surface area contributed by atoms with Crippen LogP contribution in [-0.2, 0) is 13.0 Å². The van der Waals surface area contributed by atoms with Gasteiger partial charge in [0.1, 0.15) is 5.01 Å². The standard InChI is InChI=1S/C19H25N5S/c1-12-5-6-16-15(10-22-17(16)9-12)7-8-21-19(20-4)23-11-18-24-13(2)14(3)25-18/h5-6,9-10,22H,7-8,11H2,1-4H3,(H2,20,21,23). The lowest BCUT2D eigenvalue weighted by molar-refractivity contribution is 0.792. The van der Waals surface area contributed by atoms with Crippen LogP contribution in [0.1, 0.15) is 26.7 Å². The van der Waals surface area contributed by atoms with Crippen LogP contribution in [0.3, 0.4) is 0 Å². The molecule has 0 radical (unpaired) electrons. The van der Waals surface area contributed by atoms with E-state index in [0.717, 1.165) is 29.6 Å². The Kier molecular flexibility index (Phi) is 5.38. The molecule has 1 aromatic carbocycles. The molecule has 0 aliphatic rings. The first kappa shape index (κ1) is 17.5. The van der Waals surface area contributed by atoms with Crippen molar-refractivity contribution in [1.82, 2.24) is 20.6 Å². The lowest BCUT2D eigenvalue weighted by Gasteiger charge is -2.10. The zero-order valence-electron chi connectivity index (χ0n) is 15.2. The highest BCUT2D eigenvalue weighted by Crippen LogP contribution is 2.19. The van der Waals surface area contributed by atoms with E-state index in [0.29, 0.717) is 6.54 Å². The third-order valence-electron chi connectivity index (χ3n) is 4.31. The number of H-pyrrole nitrogens is 1. The molecule has 0 aliphatic carbocycles. The van der Waals surface area contributed by atoms with Crippen LogP contribution >= 0.6 is 11.3 Å². The van der Waals surface area contributed by atoms with E-state index in [2.05, 4.69) is 63.8 Å². The molecule has 0 spiro atoms. The minimum Gasteiger partial charge on any atom is -0.361 e. The summed E-state index contributed by atoms with van der Waals surface area (Å²) in [6, 6.07) is 6.53. The number of hydrogen-bond donors (Lipinski definition) is 3. The van der Waals surface area contributed by atoms with Gasteiger partial charge in [-0.2, -0.15) is 0 Å². The van der Waals surface area contributed by atoms with E-state index in [1.54, 1.807) is 18.4 Å². The number of rotatable bonds is 5. The average molecular weight is 356 g/mol. The number of aliphatic imine (C=N–C) groups is 1. The van der Waals surface area contributed by atoms with Crippen LogP contribution in [0.4, 0.5) is 0 Å². The minimum atomic E-state index is 0.700. The van der Waals surface area contributed by atoms with Crippen LogP contribution in [0.5, 0.6) is 0 Å². The molecular formula is C19H25N5S. The predicted octanol–water partition coefficient (Wildman–Crippen LogP) is 3.46. The summed E-state index contributed by atoms with van der Waals surface area (Å²) >= 11 is 1.73. The smallest absolute Gasteiger partial charge is 0.191 e. The second kappa shape index (κ2) is 7.70. The molecule has 2 heterocycles. The first-order valence-corrected chi connectivity index (χ1v) is 9.32. The second-order valence-corrected chi connectivity index (χ2v) is 7.50. The number of nitrogens with zero attached hydrogens (tertiary/aromatic N) is 2. The van der Waals surface area contributed by atoms with Gasteiger partial charge in [-0.1, -0.05) is 12.1 Å². The monoisotopic (exact) mass is 355 g/mol. The van der Waals surface area contributed by atoms with Crippen LogP contribution in [-0.4, -0.2) is 29.5 Å². The molecule has 3 aromatic rings. The molecule has 6 heteroatoms. The fourth-order valence-electron chi connectivity index (χ4n) is 2.82. The Hall–Kier alpha value is -2.34. The van der Waals surface area contributed by atoms with Crippen LogP contribution in [0.25, 0.3) is 10.9 Å². The molecule has 3 rings (SSSR count). The highest BCUT2D eigenvalue weighted by atomic mass is 32.1. The van der Waals surface area contributed by atoms with E-state index in [9.17, 15) is 0 Å². The number of fused-ring (bicyclic) bond motifs is 1. The summed E-state index contributed by atoms with van der Waals surface area (Å²) in [4.78, 5) is 13.5. The van der Waals surface area contributed by atoms with Crippen molar-refractivity contribution in [2.24, 2.45) is 4.99 Å². The molecule has 0 bridgehead atoms. The molecule has 25 heavy (non-hydrogen) atoms. The van der Waals surface area contributed by atoms with Gasteiger partial charge in [-0.25, -0.2) is 4.98 Å². The summed E-state index contributed by atoms with van der Waals surface area (Å²) in [5, 5.41) is 9.09. The van der Waals surface area contributed by atoms with Crippen molar-refractivity contribution in [2.75, 3.05) is 13.6 Å². The molecule has 2 aromatic heterocycles. The van der Waals surface area contributed by atoms with Crippen LogP contribution < -0.4 is 10.6 Å². The lowest BCUT2D eigenvalue weighted by Crippen LogP contribution is -2.37. The Morgan fingerprint density at radius 3 is 2.80 bits per heavy atom. The number of thiazole rings is 1. The summed E-state index contributed by atoms with van der Waals surface area (Å²) < 4.78 is 0. The van der Waals surface area contributed by atoms with Crippen molar-refractivity contribution in [1.29, 1.82) is 0 Å². The van der Waals surface area contributed by atoms with Gasteiger partial charge < -0.3 is 15.6 Å². The van der Waals surface area contributed by atoms with Gasteiger partial charge in [0.05, 0.1) is 12.2 Å². The normalized spacial score (nSPS) is 11.9. The number of hydrogen-bond acceptors (Lipinski definition) is 3. The van der Waals surface area contributed by atoms with Gasteiger partial charge >= 0.3 is 0 Å². The minimum absolute atomic E-state index is 0.700. The summed E-state index contributed by atoms with van der Waals surface area (Å²) in [5.41, 5.74) is 4.91. The summed E-state index contributed by atoms with van der Waals surface area (Å²) in [7, 11) is 1.79. The number of aryl methyl sites for hydroxylation is 3. The third-order valence-corrected chi connectivity index (χ3v) is 5.39. The molecule has 0 fully saturated rings. The number of nitrogens with one attached hydrogen (secondary N) is 3. The molecule has 0 saturated carbocycles. The first-order valence-electron chi connectivity index (χ1n) is 8.51. The molecule has 0 atom stereocenters. The zero-order chi connectivity index (χ0) is 17.8. The zero-order valence-corrected chi connectivity index (χ0v) is 16.0. The van der Waals surface area contributed by atoms with E-state index >= 15 is 0 Å². The first-order chi connectivity index (χ1) is 12.1. The highest BCUT2D eigenvalue weighted by molar-refractivity contribution is 7.11. The van der Waals surface area contributed by atoms with Crippen LogP contribution in [0, 0.1) is 20.8 Å². The molecule has 0 unspecified atom stereocenters. The number of aromatic nitrogens is 2. The Morgan fingerprint density at radius 2 is 2.08 bits per heavy atom. The molecular weight excluding hydrogens is 330 g/mol. The number of guanidine groups is 1. The lowest BCUT2D eigenvalue weighted by atomic mass is 10.1. The molecule has 0 amide bonds. The maximum absolute atomic E-state index is 4.55. The van der Waals surface area contributed by atoms with Crippen molar-refractivity contribution in [3.05, 3.63) is 51.1 Å². The molecule has 5 nitrogen and oxygen atoms in total. The SMILES string of the molecule is CN=C(NCCc1c[nH]c2cc(C)ccc12)NCc1nc(C)c(C)s1. The van der Waals surface area contributed by atoms with Gasteiger partial charge in [-0.05, 0) is 44.4 Å². The Balaban J connectivity index is 1.52. The highest BCUT2D eigenvalue weighted by Gasteiger charge is 2.06. The fraction of sp³-hybridized carbons (Fsp3) is 0.368. The Bertz CT molecular complexity index is 871. The van der Waals surface area contributed by atoms with E-state index < -0.39 is 0 Å². The van der Waals surface area contributed by atoms with Crippen molar-refractivity contribution in [3.8, 4) is 0 Å². The number of benzene rings is 1. The van der Waals surface area contributed by atoms with Gasteiger partial charge in [-0.15, -0.1) is 11.3 Å². The summed E-state index contributed by atoms with van der Waals surface area (Å²) in [5.74, 6) is 0.807. The van der Waals surface area contributed by atoms with Crippen LogP contribution in [0.2, 0.25) is 0 Å². The Morgan fingerprint density at radius 1 is 1.24 bits per heavy atom. The average Bonchev–Trinajstić information content (AvgIpc) is 3.13. The maximum atomic E-state index is 4.55. The van der Waals surface area contributed by atoms with E-state index in [1.807, 2.05) is 6.92 Å². The van der Waals surface area contributed by atoms with Gasteiger partial charge in [0, 0.05) is 35.6 Å². The topological polar surface area (TPSA) is 65.1 Å². The fourth-order valence-corrected chi connectivity index (χ4v) is 3.69. The van der Waals surface area contributed by atoms with Crippen molar-refractivity contribution in [2.45, 2.75) is 33.7 Å². The van der Waals surface area contributed by atoms with E-state index in [1.165, 1.54) is 26.9 Å². The summed E-state index contributed by atoms with van der Waals surface area (Å²) in [6.45, 7) is 7.79. The molecule has 132 valence electrons. The van der Waals surface area contributed by atoms with Crippen LogP contribution in [0.15, 0.2) is 29.4 Å². The predicted molar refractivity (Wildman–Crippen MR) is 107 cm³/mol. The third kappa shape index (κ3) is 4.20. The quantitative estimate of drug-likeness (QED) is 0.485. The van der Waals surface area contributed by atoms with E-state index in [-0.39, 0.29) is 0 Å². The molecule has 0 saturated heterocycles. The number of aromatic amines is 1. The van der Waals surface area contributed by atoms with Crippen molar-refractivity contribution < 1.29 is 0 Å². The van der Waals surface area contributed by atoms with E-state index in [4.69, 9.17) is 0 Å². The molecule has 3 N–H and O–H groups in total. The van der Waals surface area contributed by atoms with Crippen molar-refractivity contribution >= 4 is 28.2 Å². The summed E-state index contributed by atoms with van der Waals surface area (Å²) in [6.07, 6.45) is 3.04. The van der Waals surface area contributed by atoms with Crippen molar-refractivity contribution in [3.63, 3.8) is 0 Å². The van der Waals surface area contributed by atoms with Gasteiger partial charge in [0.2, 0.25) is 0 Å². The van der Waals surface area contributed by atoms with Gasteiger partial charge in [-0.3, -0.25) is 4.99 Å². The maximum Gasteiger partial charge on any atom is 0.191 e. The Labute approximate surface area is 152 Å². The van der Waals surface area contributed by atoms with Gasteiger partial charge in [0.15, 0.2) is 5.96 Å². The molecule has 0 aliphatic heterocycles. The largest absolute Gasteiger partial charge is 0.361 e. The second-order valence-electron chi connectivity index (χ2n) is 6.21.